The maximum Gasteiger partial charge on any atom is 0.190 e. The van der Waals surface area contributed by atoms with Gasteiger partial charge in [0.25, 0.3) is 0 Å². The molecule has 16 heavy (non-hydrogen) atoms. The third-order valence-electron chi connectivity index (χ3n) is 2.90. The van der Waals surface area contributed by atoms with E-state index in [2.05, 4.69) is 0 Å². The van der Waals surface area contributed by atoms with Gasteiger partial charge in [-0.25, -0.2) is 0 Å². The minimum absolute atomic E-state index is 0.0141. The minimum atomic E-state index is -1.13. The molecule has 0 bridgehead atoms. The summed E-state index contributed by atoms with van der Waals surface area (Å²) in [5.74, 6) is -0.0141. The Morgan fingerprint density at radius 1 is 1.06 bits per heavy atom. The highest BCUT2D eigenvalue weighted by Gasteiger charge is 2.42. The molecule has 0 aromatic heterocycles. The number of methoxy groups -OCH3 is 2. The van der Waals surface area contributed by atoms with Crippen LogP contribution in [0, 0.1) is 5.92 Å². The summed E-state index contributed by atoms with van der Waals surface area (Å²) in [6.07, 6.45) is -0.671. The molecule has 0 saturated carbocycles. The highest BCUT2D eigenvalue weighted by atomic mass is 16.7. The van der Waals surface area contributed by atoms with Gasteiger partial charge in [-0.1, -0.05) is 44.2 Å². The molecule has 1 unspecified atom stereocenters. The smallest absolute Gasteiger partial charge is 0.190 e. The van der Waals surface area contributed by atoms with Crippen molar-refractivity contribution in [1.82, 2.24) is 0 Å². The summed E-state index contributed by atoms with van der Waals surface area (Å²) in [5.41, 5.74) is -0.330. The lowest BCUT2D eigenvalue weighted by atomic mass is 9.82. The van der Waals surface area contributed by atoms with E-state index in [0.29, 0.717) is 0 Å². The van der Waals surface area contributed by atoms with Gasteiger partial charge in [0.2, 0.25) is 0 Å². The van der Waals surface area contributed by atoms with Crippen LogP contribution in [0.5, 0.6) is 0 Å². The fourth-order valence-corrected chi connectivity index (χ4v) is 1.90. The zero-order chi connectivity index (χ0) is 12.2. The van der Waals surface area contributed by atoms with Gasteiger partial charge in [-0.05, 0) is 11.5 Å². The van der Waals surface area contributed by atoms with E-state index in [0.717, 1.165) is 5.56 Å². The second-order valence-electron chi connectivity index (χ2n) is 4.15. The zero-order valence-electron chi connectivity index (χ0n) is 10.3. The average Bonchev–Trinajstić information content (AvgIpc) is 2.31. The van der Waals surface area contributed by atoms with E-state index in [1.54, 1.807) is 0 Å². The highest BCUT2D eigenvalue weighted by molar-refractivity contribution is 5.23. The van der Waals surface area contributed by atoms with Gasteiger partial charge in [0.15, 0.2) is 6.29 Å². The minimum Gasteiger partial charge on any atom is -0.380 e. The van der Waals surface area contributed by atoms with Crippen molar-refractivity contribution in [3.8, 4) is 0 Å². The quantitative estimate of drug-likeness (QED) is 0.779. The normalized spacial score (nSPS) is 15.4. The Bertz CT molecular complexity index is 306. The van der Waals surface area contributed by atoms with Gasteiger partial charge in [0.1, 0.15) is 5.60 Å². The molecule has 0 aliphatic heterocycles. The van der Waals surface area contributed by atoms with Gasteiger partial charge in [-0.15, -0.1) is 0 Å². The van der Waals surface area contributed by atoms with Crippen LogP contribution >= 0.6 is 0 Å². The standard InChI is InChI=1S/C13H20O3/c1-10(2)13(14,12(15-3)16-4)11-8-6-5-7-9-11/h5-10,12,14H,1-4H3. The molecule has 3 nitrogen and oxygen atoms in total. The van der Waals surface area contributed by atoms with Gasteiger partial charge in [0, 0.05) is 14.2 Å². The van der Waals surface area contributed by atoms with E-state index in [9.17, 15) is 5.11 Å². The van der Waals surface area contributed by atoms with Crippen LogP contribution in [0.1, 0.15) is 19.4 Å². The van der Waals surface area contributed by atoms with Crippen LogP contribution in [0.25, 0.3) is 0 Å². The van der Waals surface area contributed by atoms with Crippen molar-refractivity contribution >= 4 is 0 Å². The Morgan fingerprint density at radius 3 is 1.94 bits per heavy atom. The lowest BCUT2D eigenvalue weighted by Gasteiger charge is -2.37. The first-order valence-electron chi connectivity index (χ1n) is 5.40. The van der Waals surface area contributed by atoms with E-state index in [4.69, 9.17) is 9.47 Å². The maximum absolute atomic E-state index is 10.8. The van der Waals surface area contributed by atoms with Crippen molar-refractivity contribution in [1.29, 1.82) is 0 Å². The van der Waals surface area contributed by atoms with E-state index < -0.39 is 11.9 Å². The molecule has 1 N–H and O–H groups in total. The summed E-state index contributed by atoms with van der Waals surface area (Å²) in [5, 5.41) is 10.8. The van der Waals surface area contributed by atoms with E-state index in [-0.39, 0.29) is 5.92 Å². The molecule has 0 heterocycles. The van der Waals surface area contributed by atoms with Crippen LogP contribution in [-0.4, -0.2) is 25.6 Å². The zero-order valence-corrected chi connectivity index (χ0v) is 10.3. The van der Waals surface area contributed by atoms with Gasteiger partial charge in [-0.2, -0.15) is 0 Å². The van der Waals surface area contributed by atoms with Crippen LogP contribution in [-0.2, 0) is 15.1 Å². The fourth-order valence-electron chi connectivity index (χ4n) is 1.90. The summed E-state index contributed by atoms with van der Waals surface area (Å²) in [7, 11) is 3.06. The number of aliphatic hydroxyl groups is 1. The molecule has 1 aromatic carbocycles. The summed E-state index contributed by atoms with van der Waals surface area (Å²) >= 11 is 0. The van der Waals surface area contributed by atoms with Gasteiger partial charge in [0.05, 0.1) is 0 Å². The Kier molecular flexibility index (Phi) is 4.47. The van der Waals surface area contributed by atoms with Gasteiger partial charge < -0.3 is 14.6 Å². The van der Waals surface area contributed by atoms with Crippen LogP contribution < -0.4 is 0 Å². The predicted molar refractivity (Wildman–Crippen MR) is 63.0 cm³/mol. The first-order valence-corrected chi connectivity index (χ1v) is 5.40. The second-order valence-corrected chi connectivity index (χ2v) is 4.15. The molecule has 0 saturated heterocycles. The second kappa shape index (κ2) is 5.43. The summed E-state index contributed by atoms with van der Waals surface area (Å²) in [6.45, 7) is 3.88. The van der Waals surface area contributed by atoms with Crippen LogP contribution in [0.15, 0.2) is 30.3 Å². The molecular weight excluding hydrogens is 204 g/mol. The Balaban J connectivity index is 3.16. The van der Waals surface area contributed by atoms with E-state index in [1.807, 2.05) is 44.2 Å². The monoisotopic (exact) mass is 224 g/mol. The SMILES string of the molecule is COC(OC)C(O)(c1ccccc1)C(C)C. The average molecular weight is 224 g/mol. The van der Waals surface area contributed by atoms with E-state index in [1.165, 1.54) is 14.2 Å². The Hall–Kier alpha value is -0.900. The molecule has 1 aromatic rings. The number of hydrogen-bond acceptors (Lipinski definition) is 3. The van der Waals surface area contributed by atoms with Crippen molar-refractivity contribution in [3.63, 3.8) is 0 Å². The van der Waals surface area contributed by atoms with Crippen LogP contribution in [0.2, 0.25) is 0 Å². The molecule has 0 aliphatic rings. The van der Waals surface area contributed by atoms with Crippen LogP contribution in [0.4, 0.5) is 0 Å². The topological polar surface area (TPSA) is 38.7 Å². The summed E-state index contributed by atoms with van der Waals surface area (Å²) in [6, 6.07) is 9.46. The lowest BCUT2D eigenvalue weighted by Crippen LogP contribution is -2.46. The number of ether oxygens (including phenoxy) is 2. The number of hydrogen-bond donors (Lipinski definition) is 1. The molecule has 3 heteroatoms. The third kappa shape index (κ3) is 2.26. The van der Waals surface area contributed by atoms with Gasteiger partial charge in [-0.3, -0.25) is 0 Å². The number of rotatable bonds is 5. The molecule has 0 fully saturated rings. The van der Waals surface area contributed by atoms with Crippen molar-refractivity contribution in [3.05, 3.63) is 35.9 Å². The Labute approximate surface area is 97.0 Å². The van der Waals surface area contributed by atoms with Gasteiger partial charge >= 0.3 is 0 Å². The molecule has 90 valence electrons. The molecule has 0 radical (unpaired) electrons. The molecule has 0 aliphatic carbocycles. The summed E-state index contributed by atoms with van der Waals surface area (Å²) < 4.78 is 10.4. The fraction of sp³-hybridized carbons (Fsp3) is 0.538. The number of benzene rings is 1. The first-order chi connectivity index (χ1) is 7.57. The lowest BCUT2D eigenvalue weighted by molar-refractivity contribution is -0.237. The highest BCUT2D eigenvalue weighted by Crippen LogP contribution is 2.34. The van der Waals surface area contributed by atoms with E-state index >= 15 is 0 Å². The predicted octanol–water partition coefficient (Wildman–Crippen LogP) is 2.15. The molecule has 1 rings (SSSR count). The molecule has 0 spiro atoms. The summed E-state index contributed by atoms with van der Waals surface area (Å²) in [4.78, 5) is 0. The largest absolute Gasteiger partial charge is 0.380 e. The maximum atomic E-state index is 10.8. The Morgan fingerprint density at radius 2 is 1.56 bits per heavy atom. The van der Waals surface area contributed by atoms with Crippen molar-refractivity contribution in [2.24, 2.45) is 5.92 Å². The molecule has 1 atom stereocenters. The molecule has 0 amide bonds. The van der Waals surface area contributed by atoms with Crippen LogP contribution in [0.3, 0.4) is 0 Å². The van der Waals surface area contributed by atoms with Crippen molar-refractivity contribution in [2.75, 3.05) is 14.2 Å². The third-order valence-corrected chi connectivity index (χ3v) is 2.90. The van der Waals surface area contributed by atoms with Crippen molar-refractivity contribution in [2.45, 2.75) is 25.7 Å². The molecular formula is C13H20O3. The first kappa shape index (κ1) is 13.2. The van der Waals surface area contributed by atoms with Crippen molar-refractivity contribution < 1.29 is 14.6 Å².